The van der Waals surface area contributed by atoms with E-state index in [1.54, 1.807) is 0 Å². The van der Waals surface area contributed by atoms with Crippen LogP contribution in [0.25, 0.3) is 0 Å². The van der Waals surface area contributed by atoms with E-state index in [-0.39, 0.29) is 17.9 Å². The third-order valence-electron chi connectivity index (χ3n) is 2.73. The van der Waals surface area contributed by atoms with Gasteiger partial charge in [0.2, 0.25) is 5.91 Å². The van der Waals surface area contributed by atoms with Gasteiger partial charge in [-0.25, -0.2) is 0 Å². The smallest absolute Gasteiger partial charge is 0.239 e. The molecule has 0 spiro atoms. The SMILES string of the molecule is CCCN(CC)C(=O)C(N)C(C)CC. The van der Waals surface area contributed by atoms with Crippen LogP contribution in [-0.4, -0.2) is 29.9 Å². The highest BCUT2D eigenvalue weighted by Gasteiger charge is 2.23. The summed E-state index contributed by atoms with van der Waals surface area (Å²) in [6.07, 6.45) is 1.95. The van der Waals surface area contributed by atoms with Crippen LogP contribution in [0.5, 0.6) is 0 Å². The summed E-state index contributed by atoms with van der Waals surface area (Å²) < 4.78 is 0. The van der Waals surface area contributed by atoms with E-state index in [0.717, 1.165) is 25.9 Å². The molecule has 2 N–H and O–H groups in total. The number of carbonyl (C=O) groups excluding carboxylic acids is 1. The first-order chi connectivity index (χ1) is 6.58. The molecule has 0 saturated heterocycles. The van der Waals surface area contributed by atoms with Gasteiger partial charge in [0.05, 0.1) is 6.04 Å². The lowest BCUT2D eigenvalue weighted by Gasteiger charge is -2.26. The summed E-state index contributed by atoms with van der Waals surface area (Å²) in [5, 5.41) is 0. The minimum atomic E-state index is -0.327. The summed E-state index contributed by atoms with van der Waals surface area (Å²) in [6.45, 7) is 9.74. The standard InChI is InChI=1S/C11H24N2O/c1-5-8-13(7-3)11(14)10(12)9(4)6-2/h9-10H,5-8,12H2,1-4H3. The highest BCUT2D eigenvalue weighted by atomic mass is 16.2. The Balaban J connectivity index is 4.26. The molecule has 2 unspecified atom stereocenters. The average Bonchev–Trinajstić information content (AvgIpc) is 2.22. The number of rotatable bonds is 6. The Kier molecular flexibility index (Phi) is 6.54. The van der Waals surface area contributed by atoms with E-state index in [1.165, 1.54) is 0 Å². The van der Waals surface area contributed by atoms with E-state index in [4.69, 9.17) is 5.73 Å². The second kappa shape index (κ2) is 6.82. The molecule has 84 valence electrons. The number of hydrogen-bond acceptors (Lipinski definition) is 2. The monoisotopic (exact) mass is 200 g/mol. The summed E-state index contributed by atoms with van der Waals surface area (Å²) in [5.74, 6) is 0.372. The van der Waals surface area contributed by atoms with Gasteiger partial charge in [-0.15, -0.1) is 0 Å². The molecule has 14 heavy (non-hydrogen) atoms. The highest BCUT2D eigenvalue weighted by molar-refractivity contribution is 5.81. The second-order valence-electron chi connectivity index (χ2n) is 3.83. The number of hydrogen-bond donors (Lipinski definition) is 1. The molecule has 1 amide bonds. The van der Waals surface area contributed by atoms with Crippen molar-refractivity contribution in [3.63, 3.8) is 0 Å². The molecule has 0 heterocycles. The van der Waals surface area contributed by atoms with Gasteiger partial charge in [-0.3, -0.25) is 4.79 Å². The molecular formula is C11H24N2O. The minimum Gasteiger partial charge on any atom is -0.342 e. The number of amides is 1. The van der Waals surface area contributed by atoms with Gasteiger partial charge in [0.1, 0.15) is 0 Å². The van der Waals surface area contributed by atoms with Crippen LogP contribution < -0.4 is 5.73 Å². The van der Waals surface area contributed by atoms with Crippen molar-refractivity contribution in [3.8, 4) is 0 Å². The van der Waals surface area contributed by atoms with Gasteiger partial charge in [0, 0.05) is 13.1 Å². The van der Waals surface area contributed by atoms with E-state index >= 15 is 0 Å². The molecule has 0 saturated carbocycles. The van der Waals surface area contributed by atoms with Crippen molar-refractivity contribution in [2.24, 2.45) is 11.7 Å². The minimum absolute atomic E-state index is 0.101. The summed E-state index contributed by atoms with van der Waals surface area (Å²) in [4.78, 5) is 13.7. The number of carbonyl (C=O) groups is 1. The summed E-state index contributed by atoms with van der Waals surface area (Å²) >= 11 is 0. The van der Waals surface area contributed by atoms with Crippen LogP contribution in [0.15, 0.2) is 0 Å². The second-order valence-corrected chi connectivity index (χ2v) is 3.83. The Labute approximate surface area is 87.6 Å². The predicted molar refractivity (Wildman–Crippen MR) is 60.0 cm³/mol. The summed E-state index contributed by atoms with van der Waals surface area (Å²) in [7, 11) is 0. The van der Waals surface area contributed by atoms with Gasteiger partial charge in [-0.1, -0.05) is 27.2 Å². The fraction of sp³-hybridized carbons (Fsp3) is 0.909. The molecule has 0 aliphatic rings. The largest absolute Gasteiger partial charge is 0.342 e. The lowest BCUT2D eigenvalue weighted by Crippen LogP contribution is -2.47. The molecular weight excluding hydrogens is 176 g/mol. The Bertz CT molecular complexity index is 167. The maximum Gasteiger partial charge on any atom is 0.239 e. The first kappa shape index (κ1) is 13.4. The van der Waals surface area contributed by atoms with Gasteiger partial charge >= 0.3 is 0 Å². The van der Waals surface area contributed by atoms with Crippen LogP contribution in [0, 0.1) is 5.92 Å². The average molecular weight is 200 g/mol. The lowest BCUT2D eigenvalue weighted by atomic mass is 9.99. The molecule has 0 aromatic rings. The molecule has 0 aromatic heterocycles. The van der Waals surface area contributed by atoms with Gasteiger partial charge < -0.3 is 10.6 Å². The van der Waals surface area contributed by atoms with E-state index in [9.17, 15) is 4.79 Å². The van der Waals surface area contributed by atoms with Crippen LogP contribution in [0.2, 0.25) is 0 Å². The third-order valence-corrected chi connectivity index (χ3v) is 2.73. The van der Waals surface area contributed by atoms with Gasteiger partial charge in [0.15, 0.2) is 0 Å². The van der Waals surface area contributed by atoms with Crippen LogP contribution in [0.1, 0.15) is 40.5 Å². The van der Waals surface area contributed by atoms with Gasteiger partial charge in [0.25, 0.3) is 0 Å². The Morgan fingerprint density at radius 3 is 2.29 bits per heavy atom. The predicted octanol–water partition coefficient (Wildman–Crippen LogP) is 1.62. The molecule has 0 aliphatic carbocycles. The van der Waals surface area contributed by atoms with Crippen molar-refractivity contribution in [2.45, 2.75) is 46.6 Å². The summed E-state index contributed by atoms with van der Waals surface area (Å²) in [6, 6.07) is -0.327. The van der Waals surface area contributed by atoms with Crippen LogP contribution in [0.4, 0.5) is 0 Å². The summed E-state index contributed by atoms with van der Waals surface area (Å²) in [5.41, 5.74) is 5.89. The van der Waals surface area contributed by atoms with E-state index in [0.29, 0.717) is 0 Å². The molecule has 0 fully saturated rings. The number of nitrogens with zero attached hydrogens (tertiary/aromatic N) is 1. The Morgan fingerprint density at radius 1 is 1.36 bits per heavy atom. The van der Waals surface area contributed by atoms with Crippen molar-refractivity contribution < 1.29 is 4.79 Å². The molecule has 2 atom stereocenters. The van der Waals surface area contributed by atoms with Crippen LogP contribution in [0.3, 0.4) is 0 Å². The van der Waals surface area contributed by atoms with Crippen LogP contribution >= 0.6 is 0 Å². The molecule has 0 rings (SSSR count). The fourth-order valence-electron chi connectivity index (χ4n) is 1.40. The third kappa shape index (κ3) is 3.66. The Hall–Kier alpha value is -0.570. The maximum atomic E-state index is 11.9. The maximum absolute atomic E-state index is 11.9. The molecule has 3 heteroatoms. The number of likely N-dealkylation sites (N-methyl/N-ethyl adjacent to an activating group) is 1. The first-order valence-corrected chi connectivity index (χ1v) is 5.62. The van der Waals surface area contributed by atoms with Crippen molar-refractivity contribution in [2.75, 3.05) is 13.1 Å². The molecule has 0 radical (unpaired) electrons. The quantitative estimate of drug-likeness (QED) is 0.708. The van der Waals surface area contributed by atoms with E-state index in [1.807, 2.05) is 18.7 Å². The van der Waals surface area contributed by atoms with Crippen molar-refractivity contribution >= 4 is 5.91 Å². The zero-order chi connectivity index (χ0) is 11.1. The van der Waals surface area contributed by atoms with E-state index in [2.05, 4.69) is 13.8 Å². The zero-order valence-corrected chi connectivity index (χ0v) is 9.92. The number of nitrogens with two attached hydrogens (primary N) is 1. The zero-order valence-electron chi connectivity index (χ0n) is 9.92. The van der Waals surface area contributed by atoms with Crippen molar-refractivity contribution in [3.05, 3.63) is 0 Å². The van der Waals surface area contributed by atoms with Gasteiger partial charge in [-0.05, 0) is 19.3 Å². The topological polar surface area (TPSA) is 46.3 Å². The van der Waals surface area contributed by atoms with Crippen molar-refractivity contribution in [1.82, 2.24) is 4.90 Å². The Morgan fingerprint density at radius 2 is 1.93 bits per heavy atom. The normalized spacial score (nSPS) is 14.9. The molecule has 0 bridgehead atoms. The molecule has 0 aliphatic heterocycles. The highest BCUT2D eigenvalue weighted by Crippen LogP contribution is 2.08. The van der Waals surface area contributed by atoms with Crippen molar-refractivity contribution in [1.29, 1.82) is 0 Å². The fourth-order valence-corrected chi connectivity index (χ4v) is 1.40. The molecule has 0 aromatic carbocycles. The first-order valence-electron chi connectivity index (χ1n) is 5.62. The lowest BCUT2D eigenvalue weighted by molar-refractivity contribution is -0.133. The van der Waals surface area contributed by atoms with E-state index < -0.39 is 0 Å². The van der Waals surface area contributed by atoms with Gasteiger partial charge in [-0.2, -0.15) is 0 Å². The van der Waals surface area contributed by atoms with Crippen LogP contribution in [-0.2, 0) is 4.79 Å². The molecule has 3 nitrogen and oxygen atoms in total.